The van der Waals surface area contributed by atoms with E-state index < -0.39 is 0 Å². The minimum Gasteiger partial charge on any atom is -0.462 e. The summed E-state index contributed by atoms with van der Waals surface area (Å²) >= 11 is 0. The first-order chi connectivity index (χ1) is 9.65. The van der Waals surface area contributed by atoms with E-state index in [4.69, 9.17) is 13.9 Å². The lowest BCUT2D eigenvalue weighted by Crippen LogP contribution is -2.34. The molecule has 0 bridgehead atoms. The molecule has 0 aliphatic carbocycles. The molecule has 110 valence electrons. The number of amidine groups is 1. The Hall–Kier alpha value is -1.82. The second kappa shape index (κ2) is 7.09. The Balaban J connectivity index is 1.95. The summed E-state index contributed by atoms with van der Waals surface area (Å²) in [4.78, 5) is 16.2. The van der Waals surface area contributed by atoms with Gasteiger partial charge < -0.3 is 13.9 Å². The maximum Gasteiger partial charge on any atom is 0.294 e. The number of ether oxygens (including phenoxy) is 2. The van der Waals surface area contributed by atoms with Crippen LogP contribution in [0.1, 0.15) is 37.2 Å². The van der Waals surface area contributed by atoms with E-state index in [0.717, 1.165) is 19.4 Å². The molecule has 1 N–H and O–H groups in total. The number of amides is 1. The fourth-order valence-electron chi connectivity index (χ4n) is 1.87. The second-order valence-electron chi connectivity index (χ2n) is 4.88. The lowest BCUT2D eigenvalue weighted by Gasteiger charge is -2.14. The first-order valence-electron chi connectivity index (χ1n) is 6.82. The van der Waals surface area contributed by atoms with Crippen molar-refractivity contribution in [2.24, 2.45) is 4.99 Å². The molecule has 6 nitrogen and oxygen atoms in total. The summed E-state index contributed by atoms with van der Waals surface area (Å²) in [5.41, 5.74) is 0. The van der Waals surface area contributed by atoms with Gasteiger partial charge in [-0.1, -0.05) is 0 Å². The largest absolute Gasteiger partial charge is 0.462 e. The van der Waals surface area contributed by atoms with E-state index in [1.807, 2.05) is 13.8 Å². The molecule has 2 heterocycles. The molecule has 0 saturated carbocycles. The average Bonchev–Trinajstić information content (AvgIpc) is 3.08. The average molecular weight is 280 g/mol. The zero-order valence-corrected chi connectivity index (χ0v) is 11.8. The Morgan fingerprint density at radius 2 is 2.45 bits per heavy atom. The Morgan fingerprint density at radius 3 is 3.05 bits per heavy atom. The van der Waals surface area contributed by atoms with E-state index in [-0.39, 0.29) is 29.9 Å². The minimum atomic E-state index is -0.373. The van der Waals surface area contributed by atoms with E-state index in [1.165, 1.54) is 6.26 Å². The summed E-state index contributed by atoms with van der Waals surface area (Å²) in [6, 6.07) is 3.45. The van der Waals surface area contributed by atoms with Crippen LogP contribution in [-0.4, -0.2) is 37.3 Å². The highest BCUT2D eigenvalue weighted by atomic mass is 16.5. The number of rotatable bonds is 4. The van der Waals surface area contributed by atoms with Crippen LogP contribution in [0.3, 0.4) is 0 Å². The van der Waals surface area contributed by atoms with Crippen LogP contribution in [0.25, 0.3) is 0 Å². The van der Waals surface area contributed by atoms with Crippen molar-refractivity contribution in [1.82, 2.24) is 5.32 Å². The van der Waals surface area contributed by atoms with Crippen molar-refractivity contribution < 1.29 is 18.7 Å². The van der Waals surface area contributed by atoms with E-state index in [0.29, 0.717) is 6.54 Å². The second-order valence-corrected chi connectivity index (χ2v) is 4.88. The molecule has 1 aliphatic rings. The first kappa shape index (κ1) is 14.6. The summed E-state index contributed by atoms with van der Waals surface area (Å²) in [7, 11) is 0. The topological polar surface area (TPSA) is 73.1 Å². The molecular weight excluding hydrogens is 260 g/mol. The van der Waals surface area contributed by atoms with Gasteiger partial charge in [-0.25, -0.2) is 4.99 Å². The third kappa shape index (κ3) is 4.38. The van der Waals surface area contributed by atoms with Crippen molar-refractivity contribution in [1.29, 1.82) is 0 Å². The Bertz CT molecular complexity index is 448. The van der Waals surface area contributed by atoms with E-state index in [9.17, 15) is 4.79 Å². The fourth-order valence-corrected chi connectivity index (χ4v) is 1.87. The van der Waals surface area contributed by atoms with Crippen LogP contribution in [0.15, 0.2) is 27.8 Å². The van der Waals surface area contributed by atoms with Crippen LogP contribution in [0.5, 0.6) is 0 Å². The van der Waals surface area contributed by atoms with E-state index in [1.54, 1.807) is 12.1 Å². The normalized spacial score (nSPS) is 19.4. The molecule has 6 heteroatoms. The zero-order valence-electron chi connectivity index (χ0n) is 11.8. The molecule has 1 atom stereocenters. The number of nitrogens with zero attached hydrogens (tertiary/aromatic N) is 1. The third-order valence-corrected chi connectivity index (χ3v) is 2.78. The first-order valence-corrected chi connectivity index (χ1v) is 6.82. The quantitative estimate of drug-likeness (QED) is 0.676. The molecule has 1 saturated heterocycles. The van der Waals surface area contributed by atoms with Gasteiger partial charge in [0, 0.05) is 6.61 Å². The van der Waals surface area contributed by atoms with Gasteiger partial charge in [0.2, 0.25) is 0 Å². The fraction of sp³-hybridized carbons (Fsp3) is 0.571. The SMILES string of the molecule is CC(C)OC(=NC[C@H]1CCCO1)NC(=O)c1ccco1. The summed E-state index contributed by atoms with van der Waals surface area (Å²) in [5.74, 6) is -0.149. The smallest absolute Gasteiger partial charge is 0.294 e. The lowest BCUT2D eigenvalue weighted by molar-refractivity contribution is 0.0929. The van der Waals surface area contributed by atoms with Gasteiger partial charge in [0.1, 0.15) is 0 Å². The van der Waals surface area contributed by atoms with Crippen LogP contribution < -0.4 is 5.32 Å². The predicted molar refractivity (Wildman–Crippen MR) is 73.7 cm³/mol. The van der Waals surface area contributed by atoms with E-state index in [2.05, 4.69) is 10.3 Å². The van der Waals surface area contributed by atoms with E-state index >= 15 is 0 Å². The molecule has 0 radical (unpaired) electrons. The minimum absolute atomic E-state index is 0.0739. The number of carbonyl (C=O) groups excluding carboxylic acids is 1. The number of aliphatic imine (C=N–C) groups is 1. The molecule has 20 heavy (non-hydrogen) atoms. The third-order valence-electron chi connectivity index (χ3n) is 2.78. The van der Waals surface area contributed by atoms with Crippen molar-refractivity contribution in [3.8, 4) is 0 Å². The summed E-state index contributed by atoms with van der Waals surface area (Å²) < 4.78 is 16.0. The highest BCUT2D eigenvalue weighted by Gasteiger charge is 2.17. The van der Waals surface area contributed by atoms with Crippen molar-refractivity contribution in [3.05, 3.63) is 24.2 Å². The van der Waals surface area contributed by atoms with Gasteiger partial charge in [-0.3, -0.25) is 10.1 Å². The Kier molecular flexibility index (Phi) is 5.17. The molecule has 0 spiro atoms. The monoisotopic (exact) mass is 280 g/mol. The Morgan fingerprint density at radius 1 is 1.60 bits per heavy atom. The molecule has 1 aromatic rings. The number of hydrogen-bond acceptors (Lipinski definition) is 5. The highest BCUT2D eigenvalue weighted by Crippen LogP contribution is 2.12. The van der Waals surface area contributed by atoms with Crippen LogP contribution in [-0.2, 0) is 9.47 Å². The molecule has 2 rings (SSSR count). The van der Waals surface area contributed by atoms with Gasteiger partial charge in [0.25, 0.3) is 11.9 Å². The predicted octanol–water partition coefficient (Wildman–Crippen LogP) is 1.97. The van der Waals surface area contributed by atoms with Crippen molar-refractivity contribution in [2.45, 2.75) is 38.9 Å². The Labute approximate surface area is 118 Å². The summed E-state index contributed by atoms with van der Waals surface area (Å²) in [6.07, 6.45) is 3.53. The summed E-state index contributed by atoms with van der Waals surface area (Å²) in [6.45, 7) is 5.01. The molecule has 0 unspecified atom stereocenters. The van der Waals surface area contributed by atoms with Gasteiger partial charge in [0.15, 0.2) is 5.76 Å². The standard InChI is InChI=1S/C14H20N2O4/c1-10(2)20-14(15-9-11-5-3-7-18-11)16-13(17)12-6-4-8-19-12/h4,6,8,10-11H,3,5,7,9H2,1-2H3,(H,15,16,17)/t11-/m1/s1. The van der Waals surface area contributed by atoms with Crippen LogP contribution in [0.2, 0.25) is 0 Å². The molecule has 1 fully saturated rings. The molecule has 1 aromatic heterocycles. The summed E-state index contributed by atoms with van der Waals surface area (Å²) in [5, 5.41) is 2.61. The molecular formula is C14H20N2O4. The molecule has 1 amide bonds. The number of carbonyl (C=O) groups is 1. The van der Waals surface area contributed by atoms with Gasteiger partial charge in [0.05, 0.1) is 25.0 Å². The lowest BCUT2D eigenvalue weighted by atomic mass is 10.2. The molecule has 1 aliphatic heterocycles. The van der Waals surface area contributed by atoms with Crippen LogP contribution in [0, 0.1) is 0 Å². The van der Waals surface area contributed by atoms with Gasteiger partial charge >= 0.3 is 0 Å². The number of nitrogens with one attached hydrogen (secondary N) is 1. The van der Waals surface area contributed by atoms with Crippen LogP contribution in [0.4, 0.5) is 0 Å². The molecule has 0 aromatic carbocycles. The maximum atomic E-state index is 11.9. The van der Waals surface area contributed by atoms with Gasteiger partial charge in [-0.05, 0) is 38.8 Å². The highest BCUT2D eigenvalue weighted by molar-refractivity contribution is 6.02. The zero-order chi connectivity index (χ0) is 14.4. The van der Waals surface area contributed by atoms with Crippen molar-refractivity contribution in [3.63, 3.8) is 0 Å². The van der Waals surface area contributed by atoms with Gasteiger partial charge in [-0.2, -0.15) is 0 Å². The van der Waals surface area contributed by atoms with Crippen molar-refractivity contribution >= 4 is 11.9 Å². The number of furan rings is 1. The van der Waals surface area contributed by atoms with Crippen molar-refractivity contribution in [2.75, 3.05) is 13.2 Å². The maximum absolute atomic E-state index is 11.9. The number of hydrogen-bond donors (Lipinski definition) is 1. The van der Waals surface area contributed by atoms with Gasteiger partial charge in [-0.15, -0.1) is 0 Å². The van der Waals surface area contributed by atoms with Crippen LogP contribution >= 0.6 is 0 Å².